The van der Waals surface area contributed by atoms with E-state index in [0.29, 0.717) is 29.9 Å². The van der Waals surface area contributed by atoms with Crippen molar-refractivity contribution in [3.8, 4) is 0 Å². The van der Waals surface area contributed by atoms with Crippen LogP contribution in [-0.2, 0) is 39.9 Å². The molecule has 4 heterocycles. The molecular formula is C44H64N2O8. The fraction of sp³-hybridized carbons (Fsp3) is 0.773. The lowest BCUT2D eigenvalue weighted by Crippen LogP contribution is -2.69. The maximum Gasteiger partial charge on any atom is 0.327 e. The summed E-state index contributed by atoms with van der Waals surface area (Å²) in [5, 5.41) is 14.3. The van der Waals surface area contributed by atoms with Gasteiger partial charge in [0.25, 0.3) is 0 Å². The molecule has 3 aliphatic carbocycles. The van der Waals surface area contributed by atoms with Gasteiger partial charge >= 0.3 is 5.97 Å². The molecule has 10 atom stereocenters. The minimum Gasteiger partial charge on any atom is -0.458 e. The number of ether oxygens (including phenoxy) is 4. The van der Waals surface area contributed by atoms with E-state index in [-0.39, 0.29) is 31.1 Å². The number of allylic oxidation sites excluding steroid dienone is 1. The molecule has 0 aromatic heterocycles. The van der Waals surface area contributed by atoms with Gasteiger partial charge in [-0.2, -0.15) is 5.06 Å². The molecule has 3 unspecified atom stereocenters. The van der Waals surface area contributed by atoms with Crippen LogP contribution in [0.5, 0.6) is 0 Å². The van der Waals surface area contributed by atoms with E-state index in [1.807, 2.05) is 0 Å². The van der Waals surface area contributed by atoms with Crippen molar-refractivity contribution in [3.05, 3.63) is 41.0 Å². The van der Waals surface area contributed by atoms with Gasteiger partial charge in [0.2, 0.25) is 5.91 Å². The zero-order chi connectivity index (χ0) is 37.9. The summed E-state index contributed by atoms with van der Waals surface area (Å²) in [5.74, 6) is -0.337. The Morgan fingerprint density at radius 2 is 1.76 bits per heavy atom. The van der Waals surface area contributed by atoms with Gasteiger partial charge < -0.3 is 29.4 Å². The Bertz CT molecular complexity index is 1590. The third-order valence-corrected chi connectivity index (χ3v) is 14.4. The number of amides is 1. The highest BCUT2D eigenvalue weighted by Crippen LogP contribution is 2.60. The lowest BCUT2D eigenvalue weighted by atomic mass is 9.52. The summed E-state index contributed by atoms with van der Waals surface area (Å²) in [4.78, 5) is 35.3. The van der Waals surface area contributed by atoms with Crippen molar-refractivity contribution in [2.75, 3.05) is 13.2 Å². The van der Waals surface area contributed by atoms with Gasteiger partial charge in [0, 0.05) is 25.8 Å². The Morgan fingerprint density at radius 3 is 2.48 bits per heavy atom. The summed E-state index contributed by atoms with van der Waals surface area (Å²) in [6.45, 7) is 11.7. The van der Waals surface area contributed by atoms with Crippen LogP contribution in [0.1, 0.15) is 136 Å². The first-order valence-electron chi connectivity index (χ1n) is 21.3. The molecule has 298 valence electrons. The number of carbonyl (C=O) groups excluding carboxylic acids is 2. The molecule has 10 heteroatoms. The van der Waals surface area contributed by atoms with Crippen molar-refractivity contribution >= 4 is 18.0 Å². The molecule has 1 amide bonds. The van der Waals surface area contributed by atoms with E-state index in [1.165, 1.54) is 18.4 Å². The lowest BCUT2D eigenvalue weighted by molar-refractivity contribution is -0.224. The highest BCUT2D eigenvalue weighted by Gasteiger charge is 2.76. The maximum atomic E-state index is 14.3. The van der Waals surface area contributed by atoms with Crippen molar-refractivity contribution in [3.63, 3.8) is 0 Å². The van der Waals surface area contributed by atoms with Gasteiger partial charge in [-0.15, -0.1) is 0 Å². The number of benzene rings is 1. The van der Waals surface area contributed by atoms with E-state index in [4.69, 9.17) is 23.8 Å². The van der Waals surface area contributed by atoms with Crippen molar-refractivity contribution in [2.24, 2.45) is 22.7 Å². The molecule has 7 aliphatic rings. The Labute approximate surface area is 322 Å². The van der Waals surface area contributed by atoms with Crippen molar-refractivity contribution in [1.82, 2.24) is 10.4 Å². The van der Waals surface area contributed by atoms with Gasteiger partial charge in [-0.05, 0) is 80.2 Å². The number of epoxide rings is 1. The highest BCUT2D eigenvalue weighted by atomic mass is 16.8. The molecule has 10 nitrogen and oxygen atoms in total. The number of esters is 1. The lowest BCUT2D eigenvalue weighted by Gasteiger charge is -2.53. The van der Waals surface area contributed by atoms with Crippen LogP contribution in [0.15, 0.2) is 29.8 Å². The molecule has 1 aromatic carbocycles. The quantitative estimate of drug-likeness (QED) is 0.118. The van der Waals surface area contributed by atoms with Crippen LogP contribution in [0.25, 0.3) is 6.08 Å². The zero-order valence-corrected chi connectivity index (χ0v) is 33.3. The van der Waals surface area contributed by atoms with Crippen LogP contribution < -0.4 is 5.32 Å². The minimum absolute atomic E-state index is 0.0480. The molecule has 1 aromatic rings. The van der Waals surface area contributed by atoms with Gasteiger partial charge in [0.15, 0.2) is 11.8 Å². The summed E-state index contributed by atoms with van der Waals surface area (Å²) >= 11 is 0. The Morgan fingerprint density at radius 1 is 1.00 bits per heavy atom. The average molecular weight is 749 g/mol. The van der Waals surface area contributed by atoms with Gasteiger partial charge in [0.1, 0.15) is 29.8 Å². The minimum atomic E-state index is -1.25. The number of unbranched alkanes of at least 4 members (excludes halogenated alkanes) is 4. The van der Waals surface area contributed by atoms with E-state index in [1.54, 1.807) is 5.06 Å². The number of aliphatic hydroxyl groups is 1. The maximum absolute atomic E-state index is 14.3. The second-order valence-corrected chi connectivity index (χ2v) is 18.6. The molecule has 0 radical (unpaired) electrons. The number of aliphatic hydroxyl groups excluding tert-OH is 1. The molecule has 4 aliphatic heterocycles. The summed E-state index contributed by atoms with van der Waals surface area (Å²) in [6.07, 6.45) is 14.0. The van der Waals surface area contributed by atoms with E-state index in [2.05, 4.69) is 70.3 Å². The molecule has 4 saturated heterocycles. The van der Waals surface area contributed by atoms with E-state index >= 15 is 0 Å². The third kappa shape index (κ3) is 6.78. The van der Waals surface area contributed by atoms with Gasteiger partial charge in [-0.3, -0.25) is 14.4 Å². The first-order valence-corrected chi connectivity index (χ1v) is 21.3. The molecule has 8 rings (SSSR count). The van der Waals surface area contributed by atoms with Crippen molar-refractivity contribution in [2.45, 2.75) is 179 Å². The summed E-state index contributed by atoms with van der Waals surface area (Å²) in [6, 6.07) is 7.54. The normalized spacial score (nSPS) is 39.3. The summed E-state index contributed by atoms with van der Waals surface area (Å²) < 4.78 is 26.3. The van der Waals surface area contributed by atoms with Crippen LogP contribution in [0, 0.1) is 22.7 Å². The Hall–Kier alpha value is -2.34. The summed E-state index contributed by atoms with van der Waals surface area (Å²) in [5.41, 5.74) is 2.79. The van der Waals surface area contributed by atoms with Gasteiger partial charge in [-0.25, -0.2) is 0 Å². The number of nitrogens with zero attached hydrogens (tertiary/aromatic N) is 1. The monoisotopic (exact) mass is 748 g/mol. The molecule has 7 fully saturated rings. The van der Waals surface area contributed by atoms with E-state index in [0.717, 1.165) is 81.8 Å². The van der Waals surface area contributed by atoms with Crippen molar-refractivity contribution in [1.29, 1.82) is 0 Å². The van der Waals surface area contributed by atoms with Crippen LogP contribution >= 0.6 is 0 Å². The van der Waals surface area contributed by atoms with Gasteiger partial charge in [-0.1, -0.05) is 89.3 Å². The smallest absolute Gasteiger partial charge is 0.327 e. The fourth-order valence-corrected chi connectivity index (χ4v) is 11.4. The molecule has 2 N–H and O–H groups in total. The summed E-state index contributed by atoms with van der Waals surface area (Å²) in [7, 11) is 0. The Balaban J connectivity index is 1.08. The highest BCUT2D eigenvalue weighted by molar-refractivity contribution is 5.93. The number of rotatable bonds is 14. The predicted molar refractivity (Wildman–Crippen MR) is 204 cm³/mol. The van der Waals surface area contributed by atoms with Crippen LogP contribution in [-0.4, -0.2) is 83.1 Å². The fourth-order valence-electron chi connectivity index (χ4n) is 11.4. The second kappa shape index (κ2) is 14.9. The average Bonchev–Trinajstić information content (AvgIpc) is 3.43. The number of fused-ring (bicyclic) bond motifs is 6. The topological polar surface area (TPSA) is 119 Å². The number of nitrogens with one attached hydrogen (secondary N) is 1. The number of hydrogen-bond acceptors (Lipinski definition) is 9. The number of hydrogen-bond donors (Lipinski definition) is 2. The van der Waals surface area contributed by atoms with Gasteiger partial charge in [0.05, 0.1) is 24.9 Å². The standard InChI is InChI=1S/C44H64N2O8/c1-6-8-10-18-43(19-11-9-7-2)52-35-33-26-44(40(49)45-21-22-47)37(39(48)50-33)46(54-38(44)36(35)53-43)27-29-14-12-13-28(23-29)24-30-15-16-34-42(5,51-34)20-17-32-31(30)25-41(32,3)4/h12-14,23-24,31-38,47H,6-11,15-22,25-27H2,1-5H3,(H,45,49)/t31-,32-,33?,34?,35+,36+,37+,38-,42-,44?/m1/s1. The second-order valence-electron chi connectivity index (χ2n) is 18.6. The molecular weight excluding hydrogens is 684 g/mol. The SMILES string of the molecule is CCCCCC1(CCCCC)O[C@@H]2[C@H]3ON(Cc4cccc(C=C5CCC6O[C@]6(C)CC[C@@H]6[C@@H]5CC6(C)C)c4)[C@H]4C(=O)OC(CC34C(=O)NCCO)[C@@H]2O1. The molecule has 2 bridgehead atoms. The predicted octanol–water partition coefficient (Wildman–Crippen LogP) is 7.01. The number of hydroxylamine groups is 2. The molecule has 54 heavy (non-hydrogen) atoms. The number of carbonyl (C=O) groups is 2. The first-order chi connectivity index (χ1) is 26.0. The van der Waals surface area contributed by atoms with E-state index in [9.17, 15) is 14.7 Å². The van der Waals surface area contributed by atoms with Crippen molar-refractivity contribution < 1.29 is 38.5 Å². The van der Waals surface area contributed by atoms with E-state index < -0.39 is 47.6 Å². The molecule has 0 spiro atoms. The first kappa shape index (κ1) is 38.5. The van der Waals surface area contributed by atoms with Crippen LogP contribution in [0.4, 0.5) is 0 Å². The van der Waals surface area contributed by atoms with Crippen LogP contribution in [0.2, 0.25) is 0 Å². The zero-order valence-electron chi connectivity index (χ0n) is 33.3. The third-order valence-electron chi connectivity index (χ3n) is 14.4. The molecule has 3 saturated carbocycles. The largest absolute Gasteiger partial charge is 0.458 e. The Kier molecular flexibility index (Phi) is 10.6. The van der Waals surface area contributed by atoms with Crippen LogP contribution in [0.3, 0.4) is 0 Å².